The quantitative estimate of drug-likeness (QED) is 0.689. The van der Waals surface area contributed by atoms with Crippen molar-refractivity contribution >= 4 is 17.5 Å². The second-order valence-corrected chi connectivity index (χ2v) is 7.09. The van der Waals surface area contributed by atoms with Crippen LogP contribution in [0.25, 0.3) is 11.1 Å². The summed E-state index contributed by atoms with van der Waals surface area (Å²) < 4.78 is 0. The first-order chi connectivity index (χ1) is 13.4. The highest BCUT2D eigenvalue weighted by molar-refractivity contribution is 6.35. The fraction of sp³-hybridized carbons (Fsp3) is 0.125. The van der Waals surface area contributed by atoms with Crippen LogP contribution in [0.1, 0.15) is 38.3 Å². The number of carboxylic acid groups (broad SMARTS) is 1. The van der Waals surface area contributed by atoms with Crippen LogP contribution in [0.15, 0.2) is 72.8 Å². The van der Waals surface area contributed by atoms with Crippen molar-refractivity contribution < 1.29 is 19.5 Å². The van der Waals surface area contributed by atoms with Crippen LogP contribution in [0.2, 0.25) is 0 Å². The van der Waals surface area contributed by atoms with Gasteiger partial charge in [-0.2, -0.15) is 0 Å². The molecule has 0 bridgehead atoms. The Bertz CT molecular complexity index is 1100. The van der Waals surface area contributed by atoms with E-state index in [4.69, 9.17) is 0 Å². The molecular weight excluding hydrogens is 352 g/mol. The lowest BCUT2D eigenvalue weighted by Crippen LogP contribution is -2.40. The third-order valence-electron chi connectivity index (χ3n) is 5.36. The van der Waals surface area contributed by atoms with Crippen molar-refractivity contribution in [1.82, 2.24) is 0 Å². The maximum Gasteiger partial charge on any atom is 0.305 e. The van der Waals surface area contributed by atoms with Crippen LogP contribution in [0, 0.1) is 6.92 Å². The molecule has 0 saturated carbocycles. The number of rotatable bonds is 4. The number of aliphatic carboxylic acids is 1. The summed E-state index contributed by atoms with van der Waals surface area (Å²) in [4.78, 5) is 38.8. The van der Waals surface area contributed by atoms with Crippen molar-refractivity contribution in [2.24, 2.45) is 0 Å². The summed E-state index contributed by atoms with van der Waals surface area (Å²) in [6.07, 6.45) is -0.573. The lowest BCUT2D eigenvalue weighted by atomic mass is 9.73. The van der Waals surface area contributed by atoms with Gasteiger partial charge in [0, 0.05) is 11.1 Å². The minimum Gasteiger partial charge on any atom is -0.481 e. The van der Waals surface area contributed by atoms with Crippen LogP contribution >= 0.6 is 0 Å². The number of Topliss-reactive ketones (excluding diaryl/α,β-unsaturated/α-hetero) is 2. The van der Waals surface area contributed by atoms with Crippen LogP contribution in [0.4, 0.5) is 0 Å². The molecule has 0 radical (unpaired) electrons. The molecule has 0 saturated heterocycles. The summed E-state index contributed by atoms with van der Waals surface area (Å²) in [6.45, 7) is 1.90. The van der Waals surface area contributed by atoms with Crippen molar-refractivity contribution in [2.45, 2.75) is 18.8 Å². The third-order valence-corrected chi connectivity index (χ3v) is 5.36. The fourth-order valence-corrected chi connectivity index (χ4v) is 3.98. The van der Waals surface area contributed by atoms with Crippen molar-refractivity contribution in [2.75, 3.05) is 0 Å². The zero-order chi connectivity index (χ0) is 19.9. The van der Waals surface area contributed by atoms with Gasteiger partial charge in [0.1, 0.15) is 5.41 Å². The highest BCUT2D eigenvalue weighted by Crippen LogP contribution is 2.45. The minimum absolute atomic E-state index is 0.285. The number of benzene rings is 3. The molecule has 3 aromatic carbocycles. The molecule has 0 spiro atoms. The highest BCUT2D eigenvalue weighted by Gasteiger charge is 2.56. The number of ketones is 2. The number of hydrogen-bond acceptors (Lipinski definition) is 3. The summed E-state index contributed by atoms with van der Waals surface area (Å²) in [5.74, 6) is -2.08. The van der Waals surface area contributed by atoms with Crippen molar-refractivity contribution in [1.29, 1.82) is 0 Å². The Hall–Kier alpha value is -3.53. The number of hydrogen-bond donors (Lipinski definition) is 1. The van der Waals surface area contributed by atoms with Crippen LogP contribution in [0.3, 0.4) is 0 Å². The van der Waals surface area contributed by atoms with Crippen LogP contribution in [0.5, 0.6) is 0 Å². The maximum absolute atomic E-state index is 13.7. The molecule has 1 unspecified atom stereocenters. The number of carboxylic acids is 1. The first-order valence-corrected chi connectivity index (χ1v) is 9.02. The van der Waals surface area contributed by atoms with Gasteiger partial charge in [-0.3, -0.25) is 14.4 Å². The molecule has 3 aromatic rings. The first-order valence-electron chi connectivity index (χ1n) is 9.02. The van der Waals surface area contributed by atoms with Gasteiger partial charge in [-0.1, -0.05) is 78.4 Å². The zero-order valence-corrected chi connectivity index (χ0v) is 15.3. The number of carbonyl (C=O) groups excluding carboxylic acids is 2. The molecule has 0 aliphatic heterocycles. The van der Waals surface area contributed by atoms with E-state index in [1.807, 2.05) is 37.3 Å². The van der Waals surface area contributed by atoms with Crippen molar-refractivity contribution in [3.63, 3.8) is 0 Å². The van der Waals surface area contributed by atoms with Crippen LogP contribution in [-0.4, -0.2) is 22.6 Å². The molecule has 1 atom stereocenters. The number of fused-ring (bicyclic) bond motifs is 1. The average molecular weight is 370 g/mol. The van der Waals surface area contributed by atoms with E-state index >= 15 is 0 Å². The monoisotopic (exact) mass is 370 g/mol. The standard InChI is InChI=1S/C24H18O4/c1-15-10-12-17(13-11-15)24(14-20(25)26)22(27)19-9-5-8-18(21(19)23(24)28)16-6-3-2-4-7-16/h2-13H,14H2,1H3,(H,25,26). The molecule has 4 nitrogen and oxygen atoms in total. The SMILES string of the molecule is Cc1ccc(C2(CC(=O)O)C(=O)c3cccc(-c4ccccc4)c3C2=O)cc1. The molecule has 4 heteroatoms. The molecule has 1 aliphatic carbocycles. The Balaban J connectivity index is 1.97. The molecule has 0 heterocycles. The molecule has 28 heavy (non-hydrogen) atoms. The van der Waals surface area contributed by atoms with Crippen LogP contribution < -0.4 is 0 Å². The molecule has 138 valence electrons. The van der Waals surface area contributed by atoms with E-state index in [2.05, 4.69) is 0 Å². The molecule has 0 amide bonds. The second kappa shape index (κ2) is 6.57. The molecule has 1 N–H and O–H groups in total. The van der Waals surface area contributed by atoms with E-state index in [1.165, 1.54) is 0 Å². The molecule has 1 aliphatic rings. The number of carbonyl (C=O) groups is 3. The Morgan fingerprint density at radius 2 is 1.46 bits per heavy atom. The first kappa shape index (κ1) is 17.9. The van der Waals surface area contributed by atoms with E-state index in [0.29, 0.717) is 16.7 Å². The summed E-state index contributed by atoms with van der Waals surface area (Å²) in [5, 5.41) is 9.55. The molecule has 0 fully saturated rings. The molecule has 4 rings (SSSR count). The van der Waals surface area contributed by atoms with E-state index in [9.17, 15) is 19.5 Å². The van der Waals surface area contributed by atoms with Gasteiger partial charge < -0.3 is 5.11 Å². The summed E-state index contributed by atoms with van der Waals surface area (Å²) >= 11 is 0. The Kier molecular flexibility index (Phi) is 4.19. The summed E-state index contributed by atoms with van der Waals surface area (Å²) in [5.41, 5.74) is 1.72. The number of aryl methyl sites for hydroxylation is 1. The zero-order valence-electron chi connectivity index (χ0n) is 15.3. The van der Waals surface area contributed by atoms with Gasteiger partial charge in [0.15, 0.2) is 11.6 Å². The third kappa shape index (κ3) is 2.57. The highest BCUT2D eigenvalue weighted by atomic mass is 16.4. The Labute approximate surface area is 162 Å². The second-order valence-electron chi connectivity index (χ2n) is 7.09. The maximum atomic E-state index is 13.7. The van der Waals surface area contributed by atoms with Crippen molar-refractivity contribution in [3.8, 4) is 11.1 Å². The normalized spacial score (nSPS) is 18.2. The minimum atomic E-state index is -1.73. The van der Waals surface area contributed by atoms with Gasteiger partial charge in [0.05, 0.1) is 6.42 Å². The lowest BCUT2D eigenvalue weighted by molar-refractivity contribution is -0.137. The predicted octanol–water partition coefficient (Wildman–Crippen LogP) is 4.45. The van der Waals surface area contributed by atoms with Gasteiger partial charge in [-0.15, -0.1) is 0 Å². The van der Waals surface area contributed by atoms with E-state index < -0.39 is 29.4 Å². The van der Waals surface area contributed by atoms with Gasteiger partial charge in [0.2, 0.25) is 0 Å². The van der Waals surface area contributed by atoms with Gasteiger partial charge in [-0.25, -0.2) is 0 Å². The molecule has 0 aromatic heterocycles. The smallest absolute Gasteiger partial charge is 0.305 e. The van der Waals surface area contributed by atoms with E-state index in [1.54, 1.807) is 42.5 Å². The van der Waals surface area contributed by atoms with Gasteiger partial charge in [-0.05, 0) is 23.6 Å². The van der Waals surface area contributed by atoms with Crippen LogP contribution in [-0.2, 0) is 10.2 Å². The predicted molar refractivity (Wildman–Crippen MR) is 106 cm³/mol. The van der Waals surface area contributed by atoms with Gasteiger partial charge >= 0.3 is 5.97 Å². The van der Waals surface area contributed by atoms with Crippen molar-refractivity contribution in [3.05, 3.63) is 95.1 Å². The average Bonchev–Trinajstić information content (AvgIpc) is 2.91. The fourth-order valence-electron chi connectivity index (χ4n) is 3.98. The Morgan fingerprint density at radius 1 is 0.821 bits per heavy atom. The van der Waals surface area contributed by atoms with E-state index in [0.717, 1.165) is 11.1 Å². The summed E-state index contributed by atoms with van der Waals surface area (Å²) in [7, 11) is 0. The van der Waals surface area contributed by atoms with Gasteiger partial charge in [0.25, 0.3) is 0 Å². The summed E-state index contributed by atoms with van der Waals surface area (Å²) in [6, 6.07) is 21.4. The Morgan fingerprint density at radius 3 is 2.11 bits per heavy atom. The topological polar surface area (TPSA) is 71.4 Å². The molecular formula is C24H18O4. The van der Waals surface area contributed by atoms with E-state index in [-0.39, 0.29) is 5.56 Å². The largest absolute Gasteiger partial charge is 0.481 e. The lowest BCUT2D eigenvalue weighted by Gasteiger charge is -2.25.